The molecule has 2 heterocycles. The molecule has 0 saturated heterocycles. The standard InChI is InChI=1S/C63H63N3O/c1-39(2)46-30-47(40(3)4)32-49(31-46)44-25-26-57(41(5)29-44)66-58-24-18-23-53(59(58)65-61(66)54-37-52(62(6,7)8)38-55(60(54)67)63(9,10)11)50-33-48(43-21-16-13-17-22-43)34-51(35-50)56-36-45(27-28-64-56)42-19-14-12-15-20-42/h12-40,67H,1-11H3/i5D3,9D3,10D3,39D. The van der Waals surface area contributed by atoms with Crippen molar-refractivity contribution in [3.63, 3.8) is 0 Å². The predicted molar refractivity (Wildman–Crippen MR) is 283 cm³/mol. The van der Waals surface area contributed by atoms with E-state index in [-0.39, 0.29) is 34.1 Å². The number of imidazole rings is 1. The summed E-state index contributed by atoms with van der Waals surface area (Å²) in [5.41, 5.74) is 7.97. The number of hydrogen-bond donors (Lipinski definition) is 1. The van der Waals surface area contributed by atoms with Gasteiger partial charge in [-0.2, -0.15) is 0 Å². The summed E-state index contributed by atoms with van der Waals surface area (Å²) in [4.78, 5) is 10.3. The molecule has 0 aliphatic rings. The molecular weight excluding hydrogens is 815 g/mol. The Morgan fingerprint density at radius 3 is 1.90 bits per heavy atom. The van der Waals surface area contributed by atoms with Gasteiger partial charge >= 0.3 is 0 Å². The third-order valence-electron chi connectivity index (χ3n) is 12.7. The van der Waals surface area contributed by atoms with Gasteiger partial charge in [0, 0.05) is 36.6 Å². The largest absolute Gasteiger partial charge is 0.507 e. The van der Waals surface area contributed by atoms with E-state index < -0.39 is 43.0 Å². The molecule has 67 heavy (non-hydrogen) atoms. The van der Waals surface area contributed by atoms with Crippen molar-refractivity contribution in [2.24, 2.45) is 0 Å². The Kier molecular flexibility index (Phi) is 9.03. The van der Waals surface area contributed by atoms with E-state index in [2.05, 4.69) is 44.2 Å². The van der Waals surface area contributed by atoms with Crippen LogP contribution in [0, 0.1) is 6.85 Å². The zero-order valence-electron chi connectivity index (χ0n) is 49.5. The molecule has 4 heteroatoms. The van der Waals surface area contributed by atoms with Crippen molar-refractivity contribution in [3.8, 4) is 78.6 Å². The number of phenols is 1. The van der Waals surface area contributed by atoms with Crippen LogP contribution < -0.4 is 0 Å². The van der Waals surface area contributed by atoms with Gasteiger partial charge in [-0.1, -0.05) is 172 Å². The Bertz CT molecular complexity index is 3660. The average molecular weight is 888 g/mol. The summed E-state index contributed by atoms with van der Waals surface area (Å²) in [6.07, 6.45) is 1.79. The molecule has 0 saturated carbocycles. The molecule has 336 valence electrons. The predicted octanol–water partition coefficient (Wildman–Crippen LogP) is 17.3. The molecule has 1 N–H and O–H groups in total. The van der Waals surface area contributed by atoms with Gasteiger partial charge in [-0.05, 0) is 145 Å². The van der Waals surface area contributed by atoms with Crippen molar-refractivity contribution >= 4 is 11.0 Å². The first-order valence-corrected chi connectivity index (χ1v) is 22.9. The first-order valence-electron chi connectivity index (χ1n) is 27.9. The van der Waals surface area contributed by atoms with Crippen molar-refractivity contribution < 1.29 is 18.8 Å². The molecule has 0 bridgehead atoms. The fourth-order valence-corrected chi connectivity index (χ4v) is 8.85. The van der Waals surface area contributed by atoms with Crippen molar-refractivity contribution in [2.75, 3.05) is 0 Å². The van der Waals surface area contributed by atoms with Gasteiger partial charge in [0.25, 0.3) is 0 Å². The number of rotatable bonds is 9. The van der Waals surface area contributed by atoms with Gasteiger partial charge in [0.2, 0.25) is 0 Å². The summed E-state index contributed by atoms with van der Waals surface area (Å²) < 4.78 is 90.4. The molecule has 0 unspecified atom stereocenters. The molecule has 0 aliphatic heterocycles. The normalized spacial score (nSPS) is 15.1. The lowest BCUT2D eigenvalue weighted by atomic mass is 9.79. The quantitative estimate of drug-likeness (QED) is 0.157. The van der Waals surface area contributed by atoms with Gasteiger partial charge in [0.1, 0.15) is 11.6 Å². The highest BCUT2D eigenvalue weighted by atomic mass is 16.3. The lowest BCUT2D eigenvalue weighted by molar-refractivity contribution is 0.446. The van der Waals surface area contributed by atoms with Crippen molar-refractivity contribution in [3.05, 3.63) is 192 Å². The van der Waals surface area contributed by atoms with E-state index in [1.54, 1.807) is 29.0 Å². The SMILES string of the molecule is [2H]C([2H])([2H])c1cc(-c2cc(C(C)C)cc(C([2H])(C)C)c2)ccc1-n1c(-c2cc(C(C)(C)C)cc(C(C)(C([2H])([2H])[2H])C([2H])([2H])[2H])c2O)nc2c(-c3cc(-c4ccccc4)cc(-c4cc(-c5ccccc5)ccn4)c3)cccc21. The molecule has 0 fully saturated rings. The molecule has 0 spiro atoms. The summed E-state index contributed by atoms with van der Waals surface area (Å²) in [5, 5.41) is 12.8. The second kappa shape index (κ2) is 17.6. The fraction of sp³-hybridized carbons (Fsp3) is 0.238. The van der Waals surface area contributed by atoms with Gasteiger partial charge in [-0.15, -0.1) is 0 Å². The van der Waals surface area contributed by atoms with Gasteiger partial charge in [0.15, 0.2) is 0 Å². The molecular formula is C63H63N3O. The maximum atomic E-state index is 12.8. The number of aromatic hydroxyl groups is 1. The van der Waals surface area contributed by atoms with Crippen LogP contribution in [0.25, 0.3) is 83.9 Å². The second-order valence-electron chi connectivity index (χ2n) is 19.4. The minimum Gasteiger partial charge on any atom is -0.507 e. The van der Waals surface area contributed by atoms with Crippen LogP contribution in [-0.2, 0) is 10.8 Å². The van der Waals surface area contributed by atoms with Crippen molar-refractivity contribution in [1.82, 2.24) is 14.5 Å². The smallest absolute Gasteiger partial charge is 0.149 e. The number of pyridine rings is 1. The molecule has 2 aromatic heterocycles. The van der Waals surface area contributed by atoms with E-state index in [1.807, 2.05) is 138 Å². The molecule has 4 nitrogen and oxygen atoms in total. The van der Waals surface area contributed by atoms with E-state index in [4.69, 9.17) is 23.7 Å². The van der Waals surface area contributed by atoms with E-state index in [1.165, 1.54) is 6.07 Å². The lowest BCUT2D eigenvalue weighted by Crippen LogP contribution is -2.17. The van der Waals surface area contributed by atoms with Crippen LogP contribution in [0.3, 0.4) is 0 Å². The Labute approximate surface area is 412 Å². The second-order valence-corrected chi connectivity index (χ2v) is 19.4. The average Bonchev–Trinajstić information content (AvgIpc) is 3.83. The Hall–Kier alpha value is -7.04. The maximum Gasteiger partial charge on any atom is 0.149 e. The topological polar surface area (TPSA) is 50.9 Å². The highest BCUT2D eigenvalue weighted by Gasteiger charge is 2.29. The monoisotopic (exact) mass is 888 g/mol. The first kappa shape index (κ1) is 34.3. The molecule has 0 aliphatic carbocycles. The van der Waals surface area contributed by atoms with E-state index >= 15 is 0 Å². The Balaban J connectivity index is 1.39. The summed E-state index contributed by atoms with van der Waals surface area (Å²) in [6.45, 7) is 5.66. The number of fused-ring (bicyclic) bond motifs is 1. The van der Waals surface area contributed by atoms with Crippen LogP contribution in [0.4, 0.5) is 0 Å². The summed E-state index contributed by atoms with van der Waals surface area (Å²) in [7, 11) is 0. The van der Waals surface area contributed by atoms with Gasteiger partial charge in [-0.3, -0.25) is 9.55 Å². The third-order valence-corrected chi connectivity index (χ3v) is 12.7. The van der Waals surface area contributed by atoms with Gasteiger partial charge in [0.05, 0.1) is 28.0 Å². The highest BCUT2D eigenvalue weighted by Crippen LogP contribution is 2.45. The number of phenolic OH excluding ortho intramolecular Hbond substituents is 1. The van der Waals surface area contributed by atoms with Crippen LogP contribution in [0.5, 0.6) is 5.75 Å². The number of hydrogen-bond acceptors (Lipinski definition) is 3. The molecule has 0 radical (unpaired) electrons. The maximum absolute atomic E-state index is 12.8. The molecule has 9 aromatic rings. The van der Waals surface area contributed by atoms with E-state index in [0.29, 0.717) is 27.7 Å². The molecule has 0 atom stereocenters. The number of benzene rings is 7. The first-order chi connectivity index (χ1) is 36.0. The minimum atomic E-state index is -3.13. The zero-order chi connectivity index (χ0) is 55.8. The number of para-hydroxylation sites is 1. The van der Waals surface area contributed by atoms with E-state index in [9.17, 15) is 5.11 Å². The minimum absolute atomic E-state index is 0.0162. The zero-order valence-corrected chi connectivity index (χ0v) is 39.5. The number of aromatic nitrogens is 3. The number of nitrogens with zero attached hydrogens (tertiary/aromatic N) is 3. The van der Waals surface area contributed by atoms with Crippen LogP contribution in [0.2, 0.25) is 0 Å². The van der Waals surface area contributed by atoms with Crippen LogP contribution in [0.15, 0.2) is 164 Å². The summed E-state index contributed by atoms with van der Waals surface area (Å²) in [5.74, 6) is -1.38. The highest BCUT2D eigenvalue weighted by molar-refractivity contribution is 5.98. The van der Waals surface area contributed by atoms with Crippen molar-refractivity contribution in [2.45, 2.75) is 98.6 Å². The Morgan fingerprint density at radius 1 is 0.567 bits per heavy atom. The summed E-state index contributed by atoms with van der Waals surface area (Å²) >= 11 is 0. The van der Waals surface area contributed by atoms with Gasteiger partial charge < -0.3 is 5.11 Å². The molecule has 9 rings (SSSR count). The molecule has 0 amide bonds. The van der Waals surface area contributed by atoms with Crippen LogP contribution in [-0.4, -0.2) is 19.6 Å². The van der Waals surface area contributed by atoms with E-state index in [0.717, 1.165) is 62.7 Å². The third kappa shape index (κ3) is 8.98. The van der Waals surface area contributed by atoms with Crippen molar-refractivity contribution in [1.29, 1.82) is 0 Å². The summed E-state index contributed by atoms with van der Waals surface area (Å²) in [6, 6.07) is 50.3. The van der Waals surface area contributed by atoms with Crippen LogP contribution >= 0.6 is 0 Å². The molecule has 7 aromatic carbocycles. The Morgan fingerprint density at radius 2 is 1.22 bits per heavy atom. The fourth-order valence-electron chi connectivity index (χ4n) is 8.85. The lowest BCUT2D eigenvalue weighted by Gasteiger charge is -2.27. The van der Waals surface area contributed by atoms with Gasteiger partial charge in [-0.25, -0.2) is 4.98 Å². The number of aryl methyl sites for hydroxylation is 1. The van der Waals surface area contributed by atoms with Crippen LogP contribution in [0.1, 0.15) is 122 Å².